The number of imidazole rings is 2. The number of thiazole rings is 1. The first-order valence-corrected chi connectivity index (χ1v) is 5.71. The van der Waals surface area contributed by atoms with Gasteiger partial charge in [-0.3, -0.25) is 0 Å². The van der Waals surface area contributed by atoms with Gasteiger partial charge in [-0.25, -0.2) is 15.0 Å². The van der Waals surface area contributed by atoms with E-state index in [9.17, 15) is 0 Å². The minimum absolute atomic E-state index is 0.783. The second-order valence-corrected chi connectivity index (χ2v) is 4.26. The summed E-state index contributed by atoms with van der Waals surface area (Å²) in [6.07, 6.45) is 7.79. The molecule has 2 N–H and O–H groups in total. The van der Waals surface area contributed by atoms with Crippen molar-refractivity contribution in [3.05, 3.63) is 41.0 Å². The standard InChI is InChI=1S/C10H9N5S/c1-2-13-10(12-1)8-5-16-9(15-8)3-7-4-11-6-14-7/h1-2,4-6H,3H2,(H,11,14)(H,12,13). The summed E-state index contributed by atoms with van der Waals surface area (Å²) in [5.74, 6) is 0.812. The van der Waals surface area contributed by atoms with Crippen LogP contribution < -0.4 is 0 Å². The van der Waals surface area contributed by atoms with Crippen LogP contribution in [-0.2, 0) is 6.42 Å². The van der Waals surface area contributed by atoms with Crippen LogP contribution in [-0.4, -0.2) is 24.9 Å². The van der Waals surface area contributed by atoms with Crippen LogP contribution in [0.1, 0.15) is 10.7 Å². The van der Waals surface area contributed by atoms with Crippen molar-refractivity contribution in [1.82, 2.24) is 24.9 Å². The number of H-pyrrole nitrogens is 2. The fourth-order valence-corrected chi connectivity index (χ4v) is 2.25. The molecule has 16 heavy (non-hydrogen) atoms. The minimum atomic E-state index is 0.783. The lowest BCUT2D eigenvalue weighted by Crippen LogP contribution is -1.87. The quantitative estimate of drug-likeness (QED) is 0.722. The number of rotatable bonds is 3. The molecule has 0 aliphatic carbocycles. The second-order valence-electron chi connectivity index (χ2n) is 3.32. The molecule has 0 amide bonds. The Kier molecular flexibility index (Phi) is 2.26. The van der Waals surface area contributed by atoms with Crippen LogP contribution in [0.3, 0.4) is 0 Å². The van der Waals surface area contributed by atoms with E-state index < -0.39 is 0 Å². The second kappa shape index (κ2) is 3.90. The Bertz CT molecular complexity index is 552. The summed E-state index contributed by atoms with van der Waals surface area (Å²) in [4.78, 5) is 18.7. The molecule has 80 valence electrons. The van der Waals surface area contributed by atoms with Crippen molar-refractivity contribution in [2.45, 2.75) is 6.42 Å². The third-order valence-electron chi connectivity index (χ3n) is 2.19. The monoisotopic (exact) mass is 231 g/mol. The molecule has 0 aliphatic heterocycles. The lowest BCUT2D eigenvalue weighted by atomic mass is 10.3. The summed E-state index contributed by atoms with van der Waals surface area (Å²) >= 11 is 1.63. The maximum atomic E-state index is 4.50. The van der Waals surface area contributed by atoms with Gasteiger partial charge in [0, 0.05) is 36.1 Å². The van der Waals surface area contributed by atoms with Gasteiger partial charge in [0.1, 0.15) is 5.69 Å². The van der Waals surface area contributed by atoms with Gasteiger partial charge in [0.25, 0.3) is 0 Å². The minimum Gasteiger partial charge on any atom is -0.348 e. The van der Waals surface area contributed by atoms with Gasteiger partial charge in [0.05, 0.1) is 11.3 Å². The summed E-state index contributed by atoms with van der Waals surface area (Å²) in [5, 5.41) is 3.06. The summed E-state index contributed by atoms with van der Waals surface area (Å²) in [7, 11) is 0. The van der Waals surface area contributed by atoms with Crippen LogP contribution in [0.15, 0.2) is 30.3 Å². The number of nitrogens with zero attached hydrogens (tertiary/aromatic N) is 3. The van der Waals surface area contributed by atoms with Crippen LogP contribution in [0.2, 0.25) is 0 Å². The SMILES string of the molecule is c1c[nH]c(-c2csc(Cc3cnc[nH]3)n2)n1. The van der Waals surface area contributed by atoms with Crippen molar-refractivity contribution in [2.75, 3.05) is 0 Å². The molecule has 5 nitrogen and oxygen atoms in total. The average Bonchev–Trinajstić information content (AvgIpc) is 2.99. The molecule has 0 saturated carbocycles. The fourth-order valence-electron chi connectivity index (χ4n) is 1.45. The Morgan fingerprint density at radius 2 is 2.31 bits per heavy atom. The van der Waals surface area contributed by atoms with E-state index in [4.69, 9.17) is 0 Å². The normalized spacial score (nSPS) is 10.8. The molecule has 0 aliphatic rings. The highest BCUT2D eigenvalue weighted by molar-refractivity contribution is 7.10. The highest BCUT2D eigenvalue weighted by Crippen LogP contribution is 2.19. The first-order chi connectivity index (χ1) is 7.92. The van der Waals surface area contributed by atoms with Crippen molar-refractivity contribution in [1.29, 1.82) is 0 Å². The van der Waals surface area contributed by atoms with Crippen LogP contribution in [0, 0.1) is 0 Å². The lowest BCUT2D eigenvalue weighted by molar-refractivity contribution is 1.07. The smallest absolute Gasteiger partial charge is 0.156 e. The molecular formula is C10H9N5S. The molecule has 0 fully saturated rings. The van der Waals surface area contributed by atoms with E-state index in [2.05, 4.69) is 24.9 Å². The van der Waals surface area contributed by atoms with Gasteiger partial charge in [0.15, 0.2) is 5.82 Å². The van der Waals surface area contributed by atoms with Crippen molar-refractivity contribution >= 4 is 11.3 Å². The number of aromatic nitrogens is 5. The van der Waals surface area contributed by atoms with Crippen LogP contribution >= 0.6 is 11.3 Å². The Balaban J connectivity index is 1.83. The predicted molar refractivity (Wildman–Crippen MR) is 61.1 cm³/mol. The molecular weight excluding hydrogens is 222 g/mol. The van der Waals surface area contributed by atoms with Gasteiger partial charge >= 0.3 is 0 Å². The molecule has 0 aromatic carbocycles. The largest absolute Gasteiger partial charge is 0.348 e. The zero-order valence-electron chi connectivity index (χ0n) is 8.34. The summed E-state index contributed by atoms with van der Waals surface area (Å²) < 4.78 is 0. The molecule has 3 heterocycles. The topological polar surface area (TPSA) is 70.2 Å². The highest BCUT2D eigenvalue weighted by atomic mass is 32.1. The summed E-state index contributed by atoms with van der Waals surface area (Å²) in [5.41, 5.74) is 1.96. The highest BCUT2D eigenvalue weighted by Gasteiger charge is 2.07. The number of nitrogens with one attached hydrogen (secondary N) is 2. The molecule has 3 aromatic rings. The van der Waals surface area contributed by atoms with E-state index >= 15 is 0 Å². The van der Waals surface area contributed by atoms with E-state index in [0.717, 1.165) is 28.6 Å². The molecule has 0 unspecified atom stereocenters. The first kappa shape index (κ1) is 9.29. The average molecular weight is 231 g/mol. The van der Waals surface area contributed by atoms with Gasteiger partial charge in [-0.05, 0) is 0 Å². The third-order valence-corrected chi connectivity index (χ3v) is 3.04. The molecule has 0 bridgehead atoms. The maximum Gasteiger partial charge on any atom is 0.156 e. The molecule has 0 atom stereocenters. The number of hydrogen-bond acceptors (Lipinski definition) is 4. The van der Waals surface area contributed by atoms with Crippen molar-refractivity contribution in [3.8, 4) is 11.5 Å². The molecule has 3 aromatic heterocycles. The molecule has 6 heteroatoms. The lowest BCUT2D eigenvalue weighted by Gasteiger charge is -1.91. The zero-order chi connectivity index (χ0) is 10.8. The summed E-state index contributed by atoms with van der Waals surface area (Å²) in [6, 6.07) is 0. The van der Waals surface area contributed by atoms with Crippen LogP contribution in [0.5, 0.6) is 0 Å². The van der Waals surface area contributed by atoms with E-state index in [1.807, 2.05) is 11.6 Å². The van der Waals surface area contributed by atoms with Crippen LogP contribution in [0.25, 0.3) is 11.5 Å². The summed E-state index contributed by atoms with van der Waals surface area (Å²) in [6.45, 7) is 0. The van der Waals surface area contributed by atoms with E-state index in [1.165, 1.54) is 0 Å². The molecule has 3 rings (SSSR count). The van der Waals surface area contributed by atoms with Crippen molar-refractivity contribution < 1.29 is 0 Å². The Morgan fingerprint density at radius 3 is 3.06 bits per heavy atom. The van der Waals surface area contributed by atoms with E-state index in [1.54, 1.807) is 30.1 Å². The third kappa shape index (κ3) is 1.74. The van der Waals surface area contributed by atoms with E-state index in [0.29, 0.717) is 0 Å². The molecule has 0 saturated heterocycles. The van der Waals surface area contributed by atoms with Crippen molar-refractivity contribution in [3.63, 3.8) is 0 Å². The van der Waals surface area contributed by atoms with Gasteiger partial charge in [-0.2, -0.15) is 0 Å². The predicted octanol–water partition coefficient (Wildman–Crippen LogP) is 1.85. The number of aromatic amines is 2. The zero-order valence-corrected chi connectivity index (χ0v) is 9.16. The van der Waals surface area contributed by atoms with Gasteiger partial charge < -0.3 is 9.97 Å². The first-order valence-electron chi connectivity index (χ1n) is 4.83. The number of hydrogen-bond donors (Lipinski definition) is 2. The van der Waals surface area contributed by atoms with Gasteiger partial charge in [-0.1, -0.05) is 0 Å². The molecule has 0 spiro atoms. The van der Waals surface area contributed by atoms with Crippen LogP contribution in [0.4, 0.5) is 0 Å². The fraction of sp³-hybridized carbons (Fsp3) is 0.100. The Hall–Kier alpha value is -1.95. The van der Waals surface area contributed by atoms with Crippen molar-refractivity contribution in [2.24, 2.45) is 0 Å². The Labute approximate surface area is 95.6 Å². The van der Waals surface area contributed by atoms with E-state index in [-0.39, 0.29) is 0 Å². The molecule has 0 radical (unpaired) electrons. The van der Waals surface area contributed by atoms with Gasteiger partial charge in [-0.15, -0.1) is 11.3 Å². The maximum absolute atomic E-state index is 4.50. The van der Waals surface area contributed by atoms with Gasteiger partial charge in [0.2, 0.25) is 0 Å². The Morgan fingerprint density at radius 1 is 1.31 bits per heavy atom.